The van der Waals surface area contributed by atoms with Gasteiger partial charge in [-0.2, -0.15) is 5.26 Å². The van der Waals surface area contributed by atoms with Crippen molar-refractivity contribution in [1.82, 2.24) is 9.55 Å². The number of aromatic nitrogens is 2. The Morgan fingerprint density at radius 1 is 1.40 bits per heavy atom. The second-order valence-corrected chi connectivity index (χ2v) is 3.54. The van der Waals surface area contributed by atoms with Crippen LogP contribution in [-0.2, 0) is 7.05 Å². The van der Waals surface area contributed by atoms with Gasteiger partial charge in [-0.25, -0.2) is 4.98 Å². The summed E-state index contributed by atoms with van der Waals surface area (Å²) < 4.78 is 1.80. The van der Waals surface area contributed by atoms with E-state index in [1.807, 2.05) is 25.2 Å². The Kier molecular flexibility index (Phi) is 2.44. The first-order valence-electron chi connectivity index (χ1n) is 4.40. The Hall–Kier alpha value is -1.79. The van der Waals surface area contributed by atoms with Crippen molar-refractivity contribution in [2.45, 2.75) is 0 Å². The summed E-state index contributed by atoms with van der Waals surface area (Å²) in [6.07, 6.45) is 1.71. The van der Waals surface area contributed by atoms with E-state index in [0.29, 0.717) is 16.5 Å². The molecule has 0 aliphatic heterocycles. The number of rotatable bonds is 1. The second kappa shape index (κ2) is 3.76. The maximum atomic E-state index is 8.96. The summed E-state index contributed by atoms with van der Waals surface area (Å²) in [5.74, 6) is 0.706. The van der Waals surface area contributed by atoms with Crippen molar-refractivity contribution in [1.29, 1.82) is 5.26 Å². The molecule has 0 fully saturated rings. The molecule has 0 unspecified atom stereocenters. The average Bonchev–Trinajstić information content (AvgIpc) is 2.57. The molecular weight excluding hydrogens is 210 g/mol. The van der Waals surface area contributed by atoms with Gasteiger partial charge in [0.2, 0.25) is 0 Å². The molecular formula is C11H8ClN3. The minimum atomic E-state index is 0.431. The molecule has 0 saturated carbocycles. The van der Waals surface area contributed by atoms with Crippen molar-refractivity contribution in [3.8, 4) is 17.5 Å². The highest BCUT2D eigenvalue weighted by atomic mass is 35.5. The molecule has 2 aromatic rings. The van der Waals surface area contributed by atoms with E-state index >= 15 is 0 Å². The molecule has 0 bridgehead atoms. The highest BCUT2D eigenvalue weighted by Crippen LogP contribution is 2.23. The van der Waals surface area contributed by atoms with Crippen LogP contribution in [-0.4, -0.2) is 9.55 Å². The number of nitriles is 1. The van der Waals surface area contributed by atoms with Crippen molar-refractivity contribution in [2.75, 3.05) is 0 Å². The number of hydrogen-bond acceptors (Lipinski definition) is 2. The third kappa shape index (κ3) is 1.72. The van der Waals surface area contributed by atoms with Crippen molar-refractivity contribution >= 4 is 11.6 Å². The molecule has 1 aromatic heterocycles. The van der Waals surface area contributed by atoms with Crippen LogP contribution in [0.3, 0.4) is 0 Å². The number of imidazole rings is 1. The van der Waals surface area contributed by atoms with Gasteiger partial charge in [0, 0.05) is 18.8 Å². The van der Waals surface area contributed by atoms with Crippen LogP contribution in [0.2, 0.25) is 5.15 Å². The summed E-state index contributed by atoms with van der Waals surface area (Å²) in [5, 5.41) is 9.39. The molecule has 0 aliphatic carbocycles. The molecule has 1 aromatic carbocycles. The predicted octanol–water partition coefficient (Wildman–Crippen LogP) is 2.61. The van der Waals surface area contributed by atoms with Crippen molar-refractivity contribution in [3.05, 3.63) is 41.2 Å². The first kappa shape index (κ1) is 9.75. The van der Waals surface area contributed by atoms with Crippen LogP contribution in [0.4, 0.5) is 0 Å². The van der Waals surface area contributed by atoms with Gasteiger partial charge in [0.25, 0.3) is 0 Å². The molecule has 0 atom stereocenters. The fraction of sp³-hybridized carbons (Fsp3) is 0.0909. The normalized spacial score (nSPS) is 9.93. The van der Waals surface area contributed by atoms with E-state index in [1.165, 1.54) is 0 Å². The van der Waals surface area contributed by atoms with Gasteiger partial charge >= 0.3 is 0 Å². The van der Waals surface area contributed by atoms with E-state index in [9.17, 15) is 0 Å². The highest BCUT2D eigenvalue weighted by Gasteiger charge is 2.09. The quantitative estimate of drug-likeness (QED) is 0.737. The zero-order valence-electron chi connectivity index (χ0n) is 8.11. The van der Waals surface area contributed by atoms with Crippen molar-refractivity contribution < 1.29 is 0 Å². The third-order valence-electron chi connectivity index (χ3n) is 2.14. The number of hydrogen-bond donors (Lipinski definition) is 0. The van der Waals surface area contributed by atoms with E-state index < -0.39 is 0 Å². The zero-order chi connectivity index (χ0) is 10.8. The van der Waals surface area contributed by atoms with E-state index in [0.717, 1.165) is 5.56 Å². The van der Waals surface area contributed by atoms with Crippen LogP contribution in [0, 0.1) is 11.3 Å². The van der Waals surface area contributed by atoms with E-state index in [-0.39, 0.29) is 0 Å². The zero-order valence-corrected chi connectivity index (χ0v) is 8.86. The largest absolute Gasteiger partial charge is 0.332 e. The Bertz CT molecular complexity index is 537. The summed E-state index contributed by atoms with van der Waals surface area (Å²) in [6, 6.07) is 9.45. The Morgan fingerprint density at radius 3 is 2.73 bits per heavy atom. The smallest absolute Gasteiger partial charge is 0.147 e. The number of benzene rings is 1. The summed E-state index contributed by atoms with van der Waals surface area (Å²) in [6.45, 7) is 0. The molecule has 0 aliphatic rings. The van der Waals surface area contributed by atoms with Gasteiger partial charge in [-0.15, -0.1) is 0 Å². The maximum absolute atomic E-state index is 8.96. The highest BCUT2D eigenvalue weighted by molar-refractivity contribution is 6.29. The molecule has 2 rings (SSSR count). The van der Waals surface area contributed by atoms with Gasteiger partial charge in [-0.1, -0.05) is 23.7 Å². The first-order valence-corrected chi connectivity index (χ1v) is 4.78. The maximum Gasteiger partial charge on any atom is 0.147 e. The predicted molar refractivity (Wildman–Crippen MR) is 58.4 cm³/mol. The van der Waals surface area contributed by atoms with Gasteiger partial charge < -0.3 is 4.57 Å². The fourth-order valence-electron chi connectivity index (χ4n) is 1.46. The summed E-state index contributed by atoms with van der Waals surface area (Å²) in [7, 11) is 1.85. The molecule has 74 valence electrons. The molecule has 4 heteroatoms. The number of halogens is 1. The second-order valence-electron chi connectivity index (χ2n) is 3.16. The number of aryl methyl sites for hydroxylation is 1. The fourth-order valence-corrected chi connectivity index (χ4v) is 1.68. The SMILES string of the molecule is Cn1cc(Cl)nc1-c1ccccc1C#N. The van der Waals surface area contributed by atoms with Gasteiger partial charge in [0.15, 0.2) is 0 Å². The summed E-state index contributed by atoms with van der Waals surface area (Å²) >= 11 is 5.80. The Balaban J connectivity index is 2.64. The van der Waals surface area contributed by atoms with Gasteiger partial charge in [0.05, 0.1) is 11.6 Å². The molecule has 1 heterocycles. The molecule has 0 amide bonds. The number of nitrogens with zero attached hydrogens (tertiary/aromatic N) is 3. The van der Waals surface area contributed by atoms with E-state index in [4.69, 9.17) is 16.9 Å². The summed E-state index contributed by atoms with van der Waals surface area (Å²) in [4.78, 5) is 4.17. The lowest BCUT2D eigenvalue weighted by Crippen LogP contribution is -1.93. The van der Waals surface area contributed by atoms with Gasteiger partial charge in [-0.05, 0) is 12.1 Å². The van der Waals surface area contributed by atoms with Crippen LogP contribution >= 0.6 is 11.6 Å². The Morgan fingerprint density at radius 2 is 2.13 bits per heavy atom. The molecule has 0 radical (unpaired) electrons. The Labute approximate surface area is 92.6 Å². The average molecular weight is 218 g/mol. The van der Waals surface area contributed by atoms with Crippen LogP contribution < -0.4 is 0 Å². The lowest BCUT2D eigenvalue weighted by atomic mass is 10.1. The molecule has 0 N–H and O–H groups in total. The first-order chi connectivity index (χ1) is 7.22. The van der Waals surface area contributed by atoms with Crippen LogP contribution in [0.5, 0.6) is 0 Å². The van der Waals surface area contributed by atoms with E-state index in [1.54, 1.807) is 16.8 Å². The van der Waals surface area contributed by atoms with Crippen LogP contribution in [0.25, 0.3) is 11.4 Å². The minimum absolute atomic E-state index is 0.431. The van der Waals surface area contributed by atoms with Crippen LogP contribution in [0.15, 0.2) is 30.5 Å². The van der Waals surface area contributed by atoms with Crippen LogP contribution in [0.1, 0.15) is 5.56 Å². The lowest BCUT2D eigenvalue weighted by molar-refractivity contribution is 0.924. The topological polar surface area (TPSA) is 41.6 Å². The summed E-state index contributed by atoms with van der Waals surface area (Å²) in [5.41, 5.74) is 1.40. The molecule has 0 saturated heterocycles. The van der Waals surface area contributed by atoms with E-state index in [2.05, 4.69) is 11.1 Å². The lowest BCUT2D eigenvalue weighted by Gasteiger charge is -2.02. The van der Waals surface area contributed by atoms with Gasteiger partial charge in [-0.3, -0.25) is 0 Å². The van der Waals surface area contributed by atoms with Crippen molar-refractivity contribution in [2.24, 2.45) is 7.05 Å². The molecule has 3 nitrogen and oxygen atoms in total. The monoisotopic (exact) mass is 217 g/mol. The standard InChI is InChI=1S/C11H8ClN3/c1-15-7-10(12)14-11(15)9-5-3-2-4-8(9)6-13/h2-5,7H,1H3. The molecule has 15 heavy (non-hydrogen) atoms. The van der Waals surface area contributed by atoms with Gasteiger partial charge in [0.1, 0.15) is 11.0 Å². The molecule has 0 spiro atoms. The third-order valence-corrected chi connectivity index (χ3v) is 2.32. The minimum Gasteiger partial charge on any atom is -0.332 e. The van der Waals surface area contributed by atoms with Crippen molar-refractivity contribution in [3.63, 3.8) is 0 Å².